The lowest BCUT2D eigenvalue weighted by molar-refractivity contribution is 0.413. The molecule has 0 saturated carbocycles. The van der Waals surface area contributed by atoms with E-state index in [0.29, 0.717) is 23.1 Å². The monoisotopic (exact) mass is 561 g/mol. The molecular formula is C34H41F2NO2Si. The van der Waals surface area contributed by atoms with Crippen LogP contribution in [0.2, 0.25) is 16.6 Å². The fourth-order valence-electron chi connectivity index (χ4n) is 5.89. The summed E-state index contributed by atoms with van der Waals surface area (Å²) in [5.41, 5.74) is 3.50. The van der Waals surface area contributed by atoms with Crippen molar-refractivity contribution < 1.29 is 18.3 Å². The maximum absolute atomic E-state index is 15.5. The van der Waals surface area contributed by atoms with Crippen LogP contribution >= 0.6 is 0 Å². The third-order valence-electron chi connectivity index (χ3n) is 7.91. The van der Waals surface area contributed by atoms with E-state index in [4.69, 9.17) is 9.69 Å². The summed E-state index contributed by atoms with van der Waals surface area (Å²) in [6.45, 7) is 12.5. The van der Waals surface area contributed by atoms with Gasteiger partial charge in [0.05, 0.1) is 11.6 Å². The largest absolute Gasteiger partial charge is 0.539 e. The van der Waals surface area contributed by atoms with Crippen molar-refractivity contribution in [3.8, 4) is 17.6 Å². The second-order valence-corrected chi connectivity index (χ2v) is 16.9. The quantitative estimate of drug-likeness (QED) is 0.224. The molecule has 0 radical (unpaired) electrons. The summed E-state index contributed by atoms with van der Waals surface area (Å²) in [6.07, 6.45) is 5.74. The summed E-state index contributed by atoms with van der Waals surface area (Å²) < 4.78 is 37.4. The lowest BCUT2D eigenvalue weighted by Gasteiger charge is -2.42. The first-order valence-electron chi connectivity index (χ1n) is 14.1. The molecular weight excluding hydrogens is 520 g/mol. The van der Waals surface area contributed by atoms with Gasteiger partial charge in [0.1, 0.15) is 5.75 Å². The molecule has 3 aromatic carbocycles. The van der Waals surface area contributed by atoms with Crippen molar-refractivity contribution in [3.05, 3.63) is 101 Å². The average molecular weight is 562 g/mol. The predicted molar refractivity (Wildman–Crippen MR) is 162 cm³/mol. The highest BCUT2D eigenvalue weighted by atomic mass is 28.4. The number of hydrogen-bond donors (Lipinski definition) is 1. The summed E-state index contributed by atoms with van der Waals surface area (Å²) in [6, 6.07) is 19.5. The number of phenols is 1. The lowest BCUT2D eigenvalue weighted by atomic mass is 9.91. The number of aryl methyl sites for hydroxylation is 1. The minimum absolute atomic E-state index is 0.0451. The van der Waals surface area contributed by atoms with E-state index in [0.717, 1.165) is 18.4 Å². The van der Waals surface area contributed by atoms with Crippen molar-refractivity contribution in [2.24, 2.45) is 5.92 Å². The second-order valence-electron chi connectivity index (χ2n) is 11.5. The van der Waals surface area contributed by atoms with Gasteiger partial charge in [-0.05, 0) is 83.3 Å². The number of aromatic hydroxyl groups is 1. The molecule has 0 bridgehead atoms. The molecule has 212 valence electrons. The van der Waals surface area contributed by atoms with Crippen LogP contribution in [0.25, 0.3) is 6.08 Å². The summed E-state index contributed by atoms with van der Waals surface area (Å²) in [4.78, 5) is 0. The molecule has 0 spiro atoms. The van der Waals surface area contributed by atoms with Crippen LogP contribution in [0.5, 0.6) is 11.5 Å². The number of hydrogen-bond acceptors (Lipinski definition) is 3. The average Bonchev–Trinajstić information content (AvgIpc) is 2.90. The van der Waals surface area contributed by atoms with Crippen LogP contribution in [0.1, 0.15) is 70.2 Å². The predicted octanol–water partition coefficient (Wildman–Crippen LogP) is 9.60. The van der Waals surface area contributed by atoms with Crippen LogP contribution in [0.4, 0.5) is 8.78 Å². The fraction of sp³-hybridized carbons (Fsp3) is 0.382. The van der Waals surface area contributed by atoms with Gasteiger partial charge in [-0.2, -0.15) is 5.26 Å². The zero-order valence-corrected chi connectivity index (χ0v) is 25.4. The van der Waals surface area contributed by atoms with E-state index in [2.05, 4.69) is 47.6 Å². The van der Waals surface area contributed by atoms with Gasteiger partial charge in [-0.1, -0.05) is 84.0 Å². The topological polar surface area (TPSA) is 53.2 Å². The first-order valence-corrected chi connectivity index (χ1v) is 16.2. The second kappa shape index (κ2) is 13.8. The Hall–Kier alpha value is -3.43. The molecule has 0 aromatic heterocycles. The molecule has 0 aliphatic heterocycles. The zero-order chi connectivity index (χ0) is 29.4. The Bertz CT molecular complexity index is 1300. The van der Waals surface area contributed by atoms with Gasteiger partial charge in [-0.25, -0.2) is 8.78 Å². The molecule has 0 aliphatic carbocycles. The number of phenolic OH excluding ortho intramolecular Hbond substituents is 1. The van der Waals surface area contributed by atoms with E-state index in [1.165, 1.54) is 12.1 Å². The van der Waals surface area contributed by atoms with E-state index >= 15 is 8.78 Å². The summed E-state index contributed by atoms with van der Waals surface area (Å²) in [5.74, 6) is -1.45. The van der Waals surface area contributed by atoms with Crippen molar-refractivity contribution in [3.63, 3.8) is 0 Å². The summed E-state index contributed by atoms with van der Waals surface area (Å²) >= 11 is 0. The van der Waals surface area contributed by atoms with Crippen LogP contribution in [0, 0.1) is 28.9 Å². The highest BCUT2D eigenvalue weighted by Crippen LogP contribution is 2.44. The van der Waals surface area contributed by atoms with Gasteiger partial charge in [-0.15, -0.1) is 0 Å². The van der Waals surface area contributed by atoms with E-state index in [1.807, 2.05) is 36.4 Å². The van der Waals surface area contributed by atoms with E-state index < -0.39 is 20.0 Å². The first kappa shape index (κ1) is 31.1. The van der Waals surface area contributed by atoms with Crippen LogP contribution < -0.4 is 4.43 Å². The van der Waals surface area contributed by atoms with Crippen LogP contribution in [0.15, 0.2) is 66.7 Å². The normalized spacial score (nSPS) is 12.8. The number of allylic oxidation sites excluding steroid dienone is 1. The Kier molecular flexibility index (Phi) is 10.7. The fourth-order valence-corrected chi connectivity index (χ4v) is 11.1. The number of rotatable bonds is 12. The van der Waals surface area contributed by atoms with Crippen LogP contribution in [0.3, 0.4) is 0 Å². The van der Waals surface area contributed by atoms with E-state index in [-0.39, 0.29) is 34.0 Å². The van der Waals surface area contributed by atoms with Gasteiger partial charge in [0, 0.05) is 5.56 Å². The van der Waals surface area contributed by atoms with Gasteiger partial charge in [0.2, 0.25) is 0 Å². The molecule has 3 aromatic rings. The lowest BCUT2D eigenvalue weighted by Crippen LogP contribution is -2.51. The minimum atomic E-state index is -2.53. The summed E-state index contributed by atoms with van der Waals surface area (Å²) in [7, 11) is -2.53. The SMILES string of the molecule is CC(C)[Si](Oc1c(F)cc(CC(C=Cc2ccccc2O)CCc2ccc(C#N)cc2)cc1F)(C(C)C)C(C)C. The Balaban J connectivity index is 1.89. The Morgan fingerprint density at radius 1 is 0.875 bits per heavy atom. The summed E-state index contributed by atoms with van der Waals surface area (Å²) in [5, 5.41) is 19.3. The van der Waals surface area contributed by atoms with Gasteiger partial charge >= 0.3 is 0 Å². The van der Waals surface area contributed by atoms with E-state index in [1.54, 1.807) is 24.3 Å². The van der Waals surface area contributed by atoms with Gasteiger partial charge in [0.15, 0.2) is 17.4 Å². The number of halogens is 2. The molecule has 0 amide bonds. The van der Waals surface area contributed by atoms with Crippen molar-refractivity contribution >= 4 is 14.4 Å². The number of nitriles is 1. The van der Waals surface area contributed by atoms with Crippen molar-refractivity contribution in [2.45, 2.75) is 77.4 Å². The zero-order valence-electron chi connectivity index (χ0n) is 24.4. The number of nitrogens with zero attached hydrogens (tertiary/aromatic N) is 1. The van der Waals surface area contributed by atoms with Gasteiger partial charge < -0.3 is 9.53 Å². The molecule has 6 heteroatoms. The first-order chi connectivity index (χ1) is 19.0. The molecule has 1 atom stereocenters. The van der Waals surface area contributed by atoms with Crippen molar-refractivity contribution in [1.29, 1.82) is 5.26 Å². The van der Waals surface area contributed by atoms with E-state index in [9.17, 15) is 5.11 Å². The van der Waals surface area contributed by atoms with Gasteiger partial charge in [0.25, 0.3) is 8.32 Å². The van der Waals surface area contributed by atoms with Crippen LogP contribution in [-0.4, -0.2) is 13.4 Å². The van der Waals surface area contributed by atoms with Crippen molar-refractivity contribution in [2.75, 3.05) is 0 Å². The Morgan fingerprint density at radius 3 is 1.98 bits per heavy atom. The third-order valence-corrected chi connectivity index (χ3v) is 13.9. The minimum Gasteiger partial charge on any atom is -0.539 e. The van der Waals surface area contributed by atoms with Gasteiger partial charge in [-0.3, -0.25) is 0 Å². The number of para-hydroxylation sites is 1. The molecule has 3 nitrogen and oxygen atoms in total. The maximum atomic E-state index is 15.5. The highest BCUT2D eigenvalue weighted by molar-refractivity contribution is 6.78. The smallest absolute Gasteiger partial charge is 0.259 e. The maximum Gasteiger partial charge on any atom is 0.259 e. The molecule has 1 unspecified atom stereocenters. The third kappa shape index (κ3) is 7.40. The standard InChI is InChI=1S/C34H41F2NO2Si/c1-23(2)40(24(3)4,25(5)6)39-34-31(35)20-29(21-32(34)36)19-27(17-18-30-9-7-8-10-33(30)38)14-11-26-12-15-28(22-37)16-13-26/h7-10,12-13,15-18,20-21,23-25,27,38H,11,14,19H2,1-6H3. The Labute approximate surface area is 239 Å². The molecule has 1 N–H and O–H groups in total. The number of benzene rings is 3. The molecule has 0 saturated heterocycles. The molecule has 40 heavy (non-hydrogen) atoms. The molecule has 0 heterocycles. The molecule has 0 aliphatic rings. The van der Waals surface area contributed by atoms with Crippen molar-refractivity contribution in [1.82, 2.24) is 0 Å². The van der Waals surface area contributed by atoms with Crippen LogP contribution in [-0.2, 0) is 12.8 Å². The molecule has 0 fully saturated rings. The highest BCUT2D eigenvalue weighted by Gasteiger charge is 2.47. The molecule has 3 rings (SSSR count). The Morgan fingerprint density at radius 2 is 1.45 bits per heavy atom.